The lowest BCUT2D eigenvalue weighted by molar-refractivity contribution is -0.123. The van der Waals surface area contributed by atoms with E-state index >= 15 is 22.4 Å². The van der Waals surface area contributed by atoms with Crippen LogP contribution in [0.3, 0.4) is 0 Å². The predicted molar refractivity (Wildman–Crippen MR) is 274 cm³/mol. The third kappa shape index (κ3) is 11.8. The molecule has 0 spiro atoms. The number of halogens is 4. The summed E-state index contributed by atoms with van der Waals surface area (Å²) in [5.74, 6) is -2.27. The smallest absolute Gasteiger partial charge is 0.261 e. The lowest BCUT2D eigenvalue weighted by Crippen LogP contribution is -2.36. The van der Waals surface area contributed by atoms with Gasteiger partial charge < -0.3 is 14.9 Å². The predicted octanol–water partition coefficient (Wildman–Crippen LogP) is 16.9. The fraction of sp³-hybridized carbons (Fsp3) is 0.561. The summed E-state index contributed by atoms with van der Waals surface area (Å²) in [6.07, 6.45) is 14.8. The van der Waals surface area contributed by atoms with Gasteiger partial charge in [-0.05, 0) is 91.2 Å². The topological polar surface area (TPSA) is 43.8 Å². The van der Waals surface area contributed by atoms with Crippen LogP contribution in [-0.4, -0.2) is 40.1 Å². The molecule has 0 bridgehead atoms. The summed E-state index contributed by atoms with van der Waals surface area (Å²) in [6.45, 7) is 18.0. The standard InChI is InChI=1S/C57H76F4N2O2S2/c1-9-16-19-37(13-5)22-24-40-26-28-42(52(60)50(40)58)44-30-32-46(66-44)54-48-49(56(64)62(54)34-36(8)12-4)55(63(57(48)65)35-39(15-7)21-18-11-3)47-33-31-45(67-47)43-29-27-41(51(59)53(43)61)25-23-38(14-6)20-17-10-2/h26-33,36-39,56,64H,9-25,34-35H2,1-8H3. The number of benzene rings is 2. The second-order valence-corrected chi connectivity index (χ2v) is 21.6. The molecule has 2 aromatic heterocycles. The Morgan fingerprint density at radius 3 is 1.45 bits per heavy atom. The van der Waals surface area contributed by atoms with Gasteiger partial charge in [-0.3, -0.25) is 4.79 Å². The molecule has 2 aliphatic rings. The van der Waals surface area contributed by atoms with E-state index in [1.807, 2.05) is 21.9 Å². The van der Waals surface area contributed by atoms with E-state index in [1.54, 1.807) is 36.4 Å². The van der Waals surface area contributed by atoms with Crippen molar-refractivity contribution >= 4 is 40.0 Å². The summed E-state index contributed by atoms with van der Waals surface area (Å²) in [5.41, 5.74) is 3.21. The Morgan fingerprint density at radius 1 is 0.552 bits per heavy atom. The number of amides is 1. The van der Waals surface area contributed by atoms with Crippen LogP contribution in [0.5, 0.6) is 0 Å². The normalized spacial score (nSPS) is 17.0. The van der Waals surface area contributed by atoms with Crippen molar-refractivity contribution in [2.75, 3.05) is 13.1 Å². The number of nitrogens with zero attached hydrogens (tertiary/aromatic N) is 2. The quantitative estimate of drug-likeness (QED) is 0.0606. The van der Waals surface area contributed by atoms with E-state index in [9.17, 15) is 5.11 Å². The summed E-state index contributed by atoms with van der Waals surface area (Å²) < 4.78 is 63.8. The van der Waals surface area contributed by atoms with Crippen molar-refractivity contribution < 1.29 is 27.5 Å². The highest BCUT2D eigenvalue weighted by atomic mass is 32.1. The first-order valence-electron chi connectivity index (χ1n) is 25.8. The van der Waals surface area contributed by atoms with Crippen molar-refractivity contribution in [2.24, 2.45) is 23.7 Å². The summed E-state index contributed by atoms with van der Waals surface area (Å²) in [6, 6.07) is 14.1. The molecule has 0 aliphatic carbocycles. The Hall–Kier alpha value is -3.73. The van der Waals surface area contributed by atoms with Gasteiger partial charge >= 0.3 is 0 Å². The largest absolute Gasteiger partial charge is 0.369 e. The maximum absolute atomic E-state index is 16.1. The zero-order chi connectivity index (χ0) is 48.4. The van der Waals surface area contributed by atoms with Crippen molar-refractivity contribution in [1.29, 1.82) is 0 Å². The van der Waals surface area contributed by atoms with Crippen molar-refractivity contribution in [3.05, 3.63) is 104 Å². The van der Waals surface area contributed by atoms with Crippen molar-refractivity contribution in [1.82, 2.24) is 9.80 Å². The molecule has 6 rings (SSSR count). The molecule has 2 aliphatic heterocycles. The number of fused-ring (bicyclic) bond motifs is 1. The van der Waals surface area contributed by atoms with Crippen LogP contribution in [0.1, 0.15) is 173 Å². The van der Waals surface area contributed by atoms with Crippen molar-refractivity contribution in [2.45, 2.75) is 171 Å². The van der Waals surface area contributed by atoms with Gasteiger partial charge in [0.05, 0.1) is 26.7 Å². The van der Waals surface area contributed by atoms with E-state index in [0.29, 0.717) is 90.9 Å². The van der Waals surface area contributed by atoms with Gasteiger partial charge in [-0.15, -0.1) is 22.7 Å². The van der Waals surface area contributed by atoms with Gasteiger partial charge in [-0.2, -0.15) is 0 Å². The minimum absolute atomic E-state index is 0.157. The zero-order valence-electron chi connectivity index (χ0n) is 41.5. The van der Waals surface area contributed by atoms with Crippen LogP contribution in [0.25, 0.3) is 32.3 Å². The molecule has 1 N–H and O–H groups in total. The molecule has 5 atom stereocenters. The molecule has 67 heavy (non-hydrogen) atoms. The molecule has 4 heterocycles. The molecular weight excluding hydrogens is 885 g/mol. The van der Waals surface area contributed by atoms with Gasteiger partial charge in [-0.1, -0.05) is 157 Å². The Balaban J connectivity index is 1.41. The molecule has 0 saturated heterocycles. The molecule has 4 nitrogen and oxygen atoms in total. The van der Waals surface area contributed by atoms with Gasteiger partial charge in [0.2, 0.25) is 0 Å². The summed E-state index contributed by atoms with van der Waals surface area (Å²) in [7, 11) is 0. The molecular formula is C57H76F4N2O2S2. The van der Waals surface area contributed by atoms with Gasteiger partial charge in [0.15, 0.2) is 29.5 Å². The number of hydrogen-bond donors (Lipinski definition) is 1. The average Bonchev–Trinajstić information content (AvgIpc) is 4.13. The number of aliphatic hydroxyl groups is 1. The fourth-order valence-corrected chi connectivity index (χ4v) is 12.2. The number of carbonyl (C=O) groups is 1. The number of thiophene rings is 2. The van der Waals surface area contributed by atoms with Crippen LogP contribution >= 0.6 is 22.7 Å². The minimum Gasteiger partial charge on any atom is -0.369 e. The molecule has 4 aromatic rings. The van der Waals surface area contributed by atoms with Gasteiger partial charge in [0.1, 0.15) is 0 Å². The monoisotopic (exact) mass is 961 g/mol. The highest BCUT2D eigenvalue weighted by Gasteiger charge is 2.49. The molecule has 5 unspecified atom stereocenters. The van der Waals surface area contributed by atoms with E-state index in [1.165, 1.54) is 22.7 Å². The first-order chi connectivity index (χ1) is 32.3. The first kappa shape index (κ1) is 52.6. The number of aliphatic hydroxyl groups excluding tert-OH is 1. The van der Waals surface area contributed by atoms with E-state index < -0.39 is 29.5 Å². The SMILES string of the molecule is CCCCC(CC)CCc1ccc(-c2ccc(C3=C4C(=C(c5ccc(-c6ccc(CCC(CC)CCCC)c(F)c6F)s5)N(CC(C)CC)C4O)C(=O)N3CC(CC)CCCC)s2)c(F)c1F. The van der Waals surface area contributed by atoms with Gasteiger partial charge in [0, 0.05) is 39.5 Å². The maximum atomic E-state index is 16.1. The summed E-state index contributed by atoms with van der Waals surface area (Å²) in [5, 5.41) is 12.6. The second-order valence-electron chi connectivity index (χ2n) is 19.4. The first-order valence-corrected chi connectivity index (χ1v) is 27.4. The van der Waals surface area contributed by atoms with Gasteiger partial charge in [0.25, 0.3) is 5.91 Å². The zero-order valence-corrected chi connectivity index (χ0v) is 43.2. The van der Waals surface area contributed by atoms with Gasteiger partial charge in [-0.25, -0.2) is 17.6 Å². The lowest BCUT2D eigenvalue weighted by Gasteiger charge is -2.31. The van der Waals surface area contributed by atoms with Crippen LogP contribution < -0.4 is 0 Å². The maximum Gasteiger partial charge on any atom is 0.261 e. The van der Waals surface area contributed by atoms with Crippen LogP contribution in [0.4, 0.5) is 17.6 Å². The average molecular weight is 961 g/mol. The van der Waals surface area contributed by atoms with Crippen LogP contribution in [0, 0.1) is 46.9 Å². The van der Waals surface area contributed by atoms with Crippen molar-refractivity contribution in [3.8, 4) is 20.9 Å². The van der Waals surface area contributed by atoms with Crippen molar-refractivity contribution in [3.63, 3.8) is 0 Å². The fourth-order valence-electron chi connectivity index (χ4n) is 10.0. The van der Waals surface area contributed by atoms with Crippen LogP contribution in [0.15, 0.2) is 59.7 Å². The van der Waals surface area contributed by atoms with E-state index in [-0.39, 0.29) is 28.9 Å². The summed E-state index contributed by atoms with van der Waals surface area (Å²) >= 11 is 2.59. The number of rotatable bonds is 27. The molecule has 10 heteroatoms. The number of hydrogen-bond acceptors (Lipinski definition) is 5. The second kappa shape index (κ2) is 24.7. The molecule has 1 amide bonds. The molecule has 0 radical (unpaired) electrons. The Labute approximate surface area is 407 Å². The minimum atomic E-state index is -1.18. The molecule has 2 aromatic carbocycles. The Kier molecular flexibility index (Phi) is 19.4. The highest BCUT2D eigenvalue weighted by Crippen LogP contribution is 2.52. The van der Waals surface area contributed by atoms with E-state index in [0.717, 1.165) is 96.3 Å². The summed E-state index contributed by atoms with van der Waals surface area (Å²) in [4.78, 5) is 21.4. The van der Waals surface area contributed by atoms with Crippen LogP contribution in [0.2, 0.25) is 0 Å². The highest BCUT2D eigenvalue weighted by molar-refractivity contribution is 7.17. The lowest BCUT2D eigenvalue weighted by atomic mass is 9.92. The molecule has 0 saturated carbocycles. The van der Waals surface area contributed by atoms with E-state index in [4.69, 9.17) is 0 Å². The Morgan fingerprint density at radius 2 is 1.00 bits per heavy atom. The third-order valence-electron chi connectivity index (χ3n) is 14.8. The van der Waals surface area contributed by atoms with Crippen LogP contribution in [-0.2, 0) is 17.6 Å². The molecule has 0 fully saturated rings. The number of aryl methyl sites for hydroxylation is 2. The number of unbranched alkanes of at least 4 members (excludes halogenated alkanes) is 3. The van der Waals surface area contributed by atoms with E-state index in [2.05, 4.69) is 55.4 Å². The number of carbonyl (C=O) groups excluding carboxylic acids is 1. The molecule has 366 valence electrons. The third-order valence-corrected chi connectivity index (χ3v) is 17.0. The Bertz CT molecular complexity index is 2350.